The van der Waals surface area contributed by atoms with Gasteiger partial charge in [-0.05, 0) is 52.8 Å². The number of ether oxygens (including phenoxy) is 3. The van der Waals surface area contributed by atoms with Gasteiger partial charge in [0.1, 0.15) is 0 Å². The molecule has 0 aromatic carbocycles. The van der Waals surface area contributed by atoms with Gasteiger partial charge in [0.05, 0.1) is 57.4 Å². The first kappa shape index (κ1) is 35.2. The molecule has 4 unspecified atom stereocenters. The molecule has 0 radical (unpaired) electrons. The van der Waals surface area contributed by atoms with Gasteiger partial charge in [0.25, 0.3) is 6.72 Å². The molecule has 0 rings (SSSR count). The molecule has 0 amide bonds. The minimum Gasteiger partial charge on any atom is -0.466 e. The molecule has 0 heterocycles. The Morgan fingerprint density at radius 1 is 0.647 bits per heavy atom. The van der Waals surface area contributed by atoms with Crippen molar-refractivity contribution in [3.63, 3.8) is 0 Å². The van der Waals surface area contributed by atoms with Gasteiger partial charge in [-0.3, -0.25) is 23.5 Å². The Hall–Kier alpha value is -0.960. The van der Waals surface area contributed by atoms with Crippen LogP contribution in [0.2, 0.25) is 0 Å². The number of hydrogen-bond acceptors (Lipinski definition) is 11. The number of halogens is 1. The SMILES string of the molecule is CCOC(=O)C(C)COP(C)(=O)Cl.CCOC(=O)C(C)COP(C)(=O)OCC(C)C(=O)OCC. The summed E-state index contributed by atoms with van der Waals surface area (Å²) in [4.78, 5) is 33.8. The monoisotopic (exact) mass is 552 g/mol. The van der Waals surface area contributed by atoms with E-state index in [9.17, 15) is 23.5 Å². The second kappa shape index (κ2) is 18.3. The van der Waals surface area contributed by atoms with Crippen LogP contribution >= 0.6 is 25.6 Å². The summed E-state index contributed by atoms with van der Waals surface area (Å²) in [6, 6.07) is 0. The predicted molar refractivity (Wildman–Crippen MR) is 128 cm³/mol. The highest BCUT2D eigenvalue weighted by Crippen LogP contribution is 2.48. The Kier molecular flexibility index (Phi) is 19.0. The summed E-state index contributed by atoms with van der Waals surface area (Å²) in [6.45, 7) is 10.3. The molecular weight excluding hydrogens is 514 g/mol. The average molecular weight is 553 g/mol. The third-order valence-electron chi connectivity index (χ3n) is 3.74. The van der Waals surface area contributed by atoms with E-state index >= 15 is 0 Å². The third kappa shape index (κ3) is 19.4. The zero-order valence-corrected chi connectivity index (χ0v) is 23.8. The lowest BCUT2D eigenvalue weighted by molar-refractivity contribution is -0.149. The van der Waals surface area contributed by atoms with E-state index in [1.807, 2.05) is 0 Å². The summed E-state index contributed by atoms with van der Waals surface area (Å²) in [5, 5.41) is 0. The van der Waals surface area contributed by atoms with Crippen LogP contribution in [0.15, 0.2) is 0 Å². The van der Waals surface area contributed by atoms with Crippen LogP contribution in [0.25, 0.3) is 0 Å². The van der Waals surface area contributed by atoms with Crippen LogP contribution in [-0.2, 0) is 51.3 Å². The Balaban J connectivity index is 0. The van der Waals surface area contributed by atoms with Crippen molar-refractivity contribution >= 4 is 43.5 Å². The fourth-order valence-corrected chi connectivity index (χ4v) is 3.56. The number of carbonyl (C=O) groups is 3. The second-order valence-corrected chi connectivity index (χ2v) is 13.0. The highest BCUT2D eigenvalue weighted by Gasteiger charge is 2.25. The topological polar surface area (TPSA) is 141 Å². The standard InChI is InChI=1S/C13H25O7P.C7H14ClO4P/c1-6-17-12(14)10(3)8-19-21(5,16)20-9-11(4)13(15)18-7-2;1-4-11-7(9)6(2)5-12-13(3,8)10/h10-11H,6-9H2,1-5H3;6H,4-5H2,1-3H3. The predicted octanol–water partition coefficient (Wildman–Crippen LogP) is 4.50. The maximum Gasteiger partial charge on any atom is 0.327 e. The molecule has 0 spiro atoms. The molecule has 0 aromatic heterocycles. The minimum atomic E-state index is -3.33. The van der Waals surface area contributed by atoms with Gasteiger partial charge in [-0.2, -0.15) is 0 Å². The summed E-state index contributed by atoms with van der Waals surface area (Å²) in [6.07, 6.45) is 0. The van der Waals surface area contributed by atoms with Crippen molar-refractivity contribution < 1.29 is 51.3 Å². The van der Waals surface area contributed by atoms with Crippen LogP contribution in [0.3, 0.4) is 0 Å². The summed E-state index contributed by atoms with van der Waals surface area (Å²) in [5.41, 5.74) is 0. The normalized spacial score (nSPS) is 17.0. The molecule has 34 heavy (non-hydrogen) atoms. The van der Waals surface area contributed by atoms with E-state index in [-0.39, 0.29) is 39.0 Å². The maximum atomic E-state index is 12.0. The van der Waals surface area contributed by atoms with Gasteiger partial charge in [0, 0.05) is 13.3 Å². The average Bonchev–Trinajstić information content (AvgIpc) is 2.74. The Bertz CT molecular complexity index is 679. The summed E-state index contributed by atoms with van der Waals surface area (Å²) < 4.78 is 52.3. The molecule has 0 aliphatic carbocycles. The first-order chi connectivity index (χ1) is 15.6. The van der Waals surface area contributed by atoms with Crippen LogP contribution < -0.4 is 0 Å². The number of hydrogen-bond donors (Lipinski definition) is 0. The van der Waals surface area contributed by atoms with Gasteiger partial charge < -0.3 is 27.8 Å². The fourth-order valence-electron chi connectivity index (χ4n) is 1.83. The summed E-state index contributed by atoms with van der Waals surface area (Å²) in [5.74, 6) is -2.72. The van der Waals surface area contributed by atoms with Crippen molar-refractivity contribution in [2.45, 2.75) is 41.5 Å². The molecule has 0 fully saturated rings. The molecule has 14 heteroatoms. The molecule has 0 N–H and O–H groups in total. The zero-order chi connectivity index (χ0) is 26.9. The largest absolute Gasteiger partial charge is 0.466 e. The van der Waals surface area contributed by atoms with Gasteiger partial charge in [-0.1, -0.05) is 0 Å². The zero-order valence-electron chi connectivity index (χ0n) is 21.2. The van der Waals surface area contributed by atoms with Crippen molar-refractivity contribution in [2.24, 2.45) is 17.8 Å². The van der Waals surface area contributed by atoms with E-state index in [2.05, 4.69) is 0 Å². The molecule has 0 aliphatic heterocycles. The number of carbonyl (C=O) groups excluding carboxylic acids is 3. The second-order valence-electron chi connectivity index (χ2n) is 7.36. The van der Waals surface area contributed by atoms with Gasteiger partial charge in [-0.15, -0.1) is 0 Å². The van der Waals surface area contributed by atoms with E-state index < -0.39 is 44.0 Å². The van der Waals surface area contributed by atoms with E-state index in [4.69, 9.17) is 39.0 Å². The van der Waals surface area contributed by atoms with Crippen LogP contribution in [0.1, 0.15) is 41.5 Å². The van der Waals surface area contributed by atoms with Gasteiger partial charge in [0.2, 0.25) is 0 Å². The molecule has 0 saturated heterocycles. The third-order valence-corrected chi connectivity index (χ3v) is 5.88. The Labute approximate surface area is 207 Å². The lowest BCUT2D eigenvalue weighted by atomic mass is 10.2. The number of rotatable bonds is 15. The molecular formula is C20H39ClO11P2. The lowest BCUT2D eigenvalue weighted by Crippen LogP contribution is -2.21. The molecule has 0 aliphatic rings. The van der Waals surface area contributed by atoms with E-state index in [1.165, 1.54) is 13.3 Å². The van der Waals surface area contributed by atoms with E-state index in [1.54, 1.807) is 41.5 Å². The van der Waals surface area contributed by atoms with Crippen LogP contribution in [0, 0.1) is 17.8 Å². The van der Waals surface area contributed by atoms with Crippen molar-refractivity contribution in [1.29, 1.82) is 0 Å². The van der Waals surface area contributed by atoms with Crippen LogP contribution in [0.5, 0.6) is 0 Å². The highest BCUT2D eigenvalue weighted by atomic mass is 35.7. The Morgan fingerprint density at radius 3 is 1.15 bits per heavy atom. The molecule has 202 valence electrons. The van der Waals surface area contributed by atoms with Gasteiger partial charge in [-0.25, -0.2) is 0 Å². The first-order valence-electron chi connectivity index (χ1n) is 10.9. The van der Waals surface area contributed by atoms with Crippen molar-refractivity contribution in [1.82, 2.24) is 0 Å². The van der Waals surface area contributed by atoms with Gasteiger partial charge >= 0.3 is 25.5 Å². The quantitative estimate of drug-likeness (QED) is 0.161. The van der Waals surface area contributed by atoms with E-state index in [0.717, 1.165) is 0 Å². The van der Waals surface area contributed by atoms with Crippen molar-refractivity contribution in [3.8, 4) is 0 Å². The smallest absolute Gasteiger partial charge is 0.327 e. The van der Waals surface area contributed by atoms with Crippen LogP contribution in [0.4, 0.5) is 0 Å². The molecule has 4 atom stereocenters. The molecule has 0 aromatic rings. The maximum absolute atomic E-state index is 12.0. The minimum absolute atomic E-state index is 0.0239. The summed E-state index contributed by atoms with van der Waals surface area (Å²) in [7, 11) is -3.33. The number of esters is 3. The van der Waals surface area contributed by atoms with Crippen molar-refractivity contribution in [2.75, 3.05) is 53.0 Å². The van der Waals surface area contributed by atoms with Crippen LogP contribution in [-0.4, -0.2) is 70.9 Å². The van der Waals surface area contributed by atoms with Crippen molar-refractivity contribution in [3.05, 3.63) is 0 Å². The highest BCUT2D eigenvalue weighted by molar-refractivity contribution is 7.84. The molecule has 11 nitrogen and oxygen atoms in total. The van der Waals surface area contributed by atoms with Gasteiger partial charge in [0.15, 0.2) is 0 Å². The van der Waals surface area contributed by atoms with E-state index in [0.29, 0.717) is 6.61 Å². The molecule has 0 bridgehead atoms. The summed E-state index contributed by atoms with van der Waals surface area (Å²) >= 11 is 5.34. The lowest BCUT2D eigenvalue weighted by Gasteiger charge is -2.18. The molecule has 0 saturated carbocycles. The fraction of sp³-hybridized carbons (Fsp3) is 0.850. The first-order valence-corrected chi connectivity index (χ1v) is 15.8. The Morgan fingerprint density at radius 2 is 0.912 bits per heavy atom.